The molecule has 29 heavy (non-hydrogen) atoms. The number of rotatable bonds is 2. The standard InChI is InChI=1S/C23H25ClFN3O/c1-15(2)27-11-9-23(10-12-27)28-21(19-13-17(24)5-8-22(19)29-23)14-20(26-28)16-3-6-18(25)7-4-16/h3-8,13,15,21H,9-12,14H2,1-2H3/t21-/m1/s1. The lowest BCUT2D eigenvalue weighted by Gasteiger charge is -2.51. The van der Waals surface area contributed by atoms with Crippen LogP contribution in [0.2, 0.25) is 5.02 Å². The van der Waals surface area contributed by atoms with Gasteiger partial charge in [0.05, 0.1) is 11.8 Å². The van der Waals surface area contributed by atoms with Gasteiger partial charge in [-0.25, -0.2) is 9.40 Å². The van der Waals surface area contributed by atoms with Gasteiger partial charge in [-0.1, -0.05) is 23.7 Å². The number of hydrogen-bond donors (Lipinski definition) is 0. The Morgan fingerprint density at radius 1 is 1.14 bits per heavy atom. The van der Waals surface area contributed by atoms with E-state index in [4.69, 9.17) is 21.4 Å². The summed E-state index contributed by atoms with van der Waals surface area (Å²) in [5.74, 6) is 0.673. The fraction of sp³-hybridized carbons (Fsp3) is 0.435. The minimum atomic E-state index is -0.446. The Morgan fingerprint density at radius 2 is 1.86 bits per heavy atom. The summed E-state index contributed by atoms with van der Waals surface area (Å²) in [5, 5.41) is 7.90. The Kier molecular flexibility index (Phi) is 4.56. The second-order valence-corrected chi connectivity index (χ2v) is 8.91. The molecule has 0 N–H and O–H groups in total. The quantitative estimate of drug-likeness (QED) is 0.675. The summed E-state index contributed by atoms with van der Waals surface area (Å²) in [4.78, 5) is 2.49. The summed E-state index contributed by atoms with van der Waals surface area (Å²) in [6.45, 7) is 6.43. The van der Waals surface area contributed by atoms with Gasteiger partial charge in [0.25, 0.3) is 0 Å². The van der Waals surface area contributed by atoms with Gasteiger partial charge in [0.2, 0.25) is 5.72 Å². The molecule has 1 spiro atoms. The number of halogens is 2. The molecule has 0 aliphatic carbocycles. The molecular formula is C23H25ClFN3O. The molecule has 152 valence electrons. The van der Waals surface area contributed by atoms with Gasteiger partial charge < -0.3 is 9.64 Å². The molecule has 6 heteroatoms. The molecule has 2 aromatic rings. The molecule has 3 heterocycles. The van der Waals surface area contributed by atoms with Crippen LogP contribution in [0, 0.1) is 5.82 Å². The molecule has 0 aromatic heterocycles. The topological polar surface area (TPSA) is 28.1 Å². The van der Waals surface area contributed by atoms with Gasteiger partial charge in [0.1, 0.15) is 11.6 Å². The van der Waals surface area contributed by atoms with Gasteiger partial charge in [-0.3, -0.25) is 0 Å². The van der Waals surface area contributed by atoms with E-state index in [0.29, 0.717) is 11.1 Å². The third-order valence-corrected chi connectivity index (χ3v) is 6.68. The van der Waals surface area contributed by atoms with Crippen LogP contribution in [0.25, 0.3) is 0 Å². The smallest absolute Gasteiger partial charge is 0.200 e. The molecule has 4 nitrogen and oxygen atoms in total. The summed E-state index contributed by atoms with van der Waals surface area (Å²) in [6.07, 6.45) is 2.55. The first-order valence-electron chi connectivity index (χ1n) is 10.3. The Bertz CT molecular complexity index is 951. The number of hydrazone groups is 1. The van der Waals surface area contributed by atoms with Crippen molar-refractivity contribution in [2.75, 3.05) is 13.1 Å². The lowest BCUT2D eigenvalue weighted by Crippen LogP contribution is -2.59. The Morgan fingerprint density at radius 3 is 2.55 bits per heavy atom. The maximum atomic E-state index is 13.4. The first kappa shape index (κ1) is 18.9. The van der Waals surface area contributed by atoms with Crippen molar-refractivity contribution in [1.82, 2.24) is 9.91 Å². The van der Waals surface area contributed by atoms with E-state index in [0.717, 1.165) is 54.9 Å². The van der Waals surface area contributed by atoms with E-state index < -0.39 is 5.72 Å². The molecular weight excluding hydrogens is 389 g/mol. The number of piperidine rings is 1. The zero-order valence-corrected chi connectivity index (χ0v) is 17.5. The van der Waals surface area contributed by atoms with Crippen LogP contribution in [-0.2, 0) is 0 Å². The summed E-state index contributed by atoms with van der Waals surface area (Å²) in [5.41, 5.74) is 2.56. The highest BCUT2D eigenvalue weighted by Gasteiger charge is 2.52. The van der Waals surface area contributed by atoms with Crippen molar-refractivity contribution in [2.24, 2.45) is 5.10 Å². The van der Waals surface area contributed by atoms with Crippen molar-refractivity contribution in [2.45, 2.75) is 50.9 Å². The first-order chi connectivity index (χ1) is 13.9. The normalized spacial score (nSPS) is 23.0. The summed E-state index contributed by atoms with van der Waals surface area (Å²) >= 11 is 6.31. The van der Waals surface area contributed by atoms with Crippen LogP contribution in [0.3, 0.4) is 0 Å². The predicted molar refractivity (Wildman–Crippen MR) is 113 cm³/mol. The van der Waals surface area contributed by atoms with Gasteiger partial charge in [-0.05, 0) is 49.7 Å². The van der Waals surface area contributed by atoms with E-state index in [1.54, 1.807) is 12.1 Å². The molecule has 1 atom stereocenters. The summed E-state index contributed by atoms with van der Waals surface area (Å²) < 4.78 is 20.0. The van der Waals surface area contributed by atoms with Crippen LogP contribution in [0.1, 0.15) is 50.3 Å². The zero-order chi connectivity index (χ0) is 20.2. The van der Waals surface area contributed by atoms with Crippen molar-refractivity contribution in [1.29, 1.82) is 0 Å². The molecule has 0 unspecified atom stereocenters. The van der Waals surface area contributed by atoms with Gasteiger partial charge in [-0.15, -0.1) is 0 Å². The maximum Gasteiger partial charge on any atom is 0.200 e. The summed E-state index contributed by atoms with van der Waals surface area (Å²) in [6, 6.07) is 13.1. The third-order valence-electron chi connectivity index (χ3n) is 6.45. The van der Waals surface area contributed by atoms with Crippen LogP contribution in [-0.4, -0.2) is 40.5 Å². The van der Waals surface area contributed by atoms with E-state index in [1.807, 2.05) is 18.2 Å². The molecule has 0 amide bonds. The minimum absolute atomic E-state index is 0.0862. The fourth-order valence-corrected chi connectivity index (χ4v) is 4.97. The lowest BCUT2D eigenvalue weighted by atomic mass is 9.90. The van der Waals surface area contributed by atoms with Crippen LogP contribution in [0.15, 0.2) is 47.6 Å². The Balaban J connectivity index is 1.54. The van der Waals surface area contributed by atoms with Crippen LogP contribution in [0.5, 0.6) is 5.75 Å². The predicted octanol–water partition coefficient (Wildman–Crippen LogP) is 5.22. The van der Waals surface area contributed by atoms with E-state index >= 15 is 0 Å². The first-order valence-corrected chi connectivity index (χ1v) is 10.7. The Hall–Kier alpha value is -2.11. The highest BCUT2D eigenvalue weighted by Crippen LogP contribution is 2.50. The minimum Gasteiger partial charge on any atom is -0.466 e. The number of ether oxygens (including phenoxy) is 1. The molecule has 3 aliphatic heterocycles. The molecule has 5 rings (SSSR count). The molecule has 1 saturated heterocycles. The van der Waals surface area contributed by atoms with E-state index in [1.165, 1.54) is 12.1 Å². The average Bonchev–Trinajstić information content (AvgIpc) is 3.16. The van der Waals surface area contributed by atoms with Crippen molar-refractivity contribution in [3.05, 3.63) is 64.4 Å². The van der Waals surface area contributed by atoms with E-state index in [9.17, 15) is 4.39 Å². The van der Waals surface area contributed by atoms with Gasteiger partial charge in [0.15, 0.2) is 0 Å². The molecule has 0 radical (unpaired) electrons. The monoisotopic (exact) mass is 413 g/mol. The van der Waals surface area contributed by atoms with Crippen LogP contribution >= 0.6 is 11.6 Å². The van der Waals surface area contributed by atoms with Crippen molar-refractivity contribution < 1.29 is 9.13 Å². The second kappa shape index (κ2) is 6.99. The fourth-order valence-electron chi connectivity index (χ4n) is 4.79. The summed E-state index contributed by atoms with van der Waals surface area (Å²) in [7, 11) is 0. The number of fused-ring (bicyclic) bond motifs is 4. The van der Waals surface area contributed by atoms with Gasteiger partial charge >= 0.3 is 0 Å². The van der Waals surface area contributed by atoms with Gasteiger partial charge in [-0.2, -0.15) is 5.10 Å². The Labute approximate surface area is 175 Å². The molecule has 3 aliphatic rings. The number of likely N-dealkylation sites (tertiary alicyclic amines) is 1. The van der Waals surface area contributed by atoms with Crippen LogP contribution < -0.4 is 4.74 Å². The molecule has 2 aromatic carbocycles. The molecule has 0 bridgehead atoms. The maximum absolute atomic E-state index is 13.4. The number of benzene rings is 2. The van der Waals surface area contributed by atoms with Gasteiger partial charge in [0, 0.05) is 49.0 Å². The highest BCUT2D eigenvalue weighted by atomic mass is 35.5. The second-order valence-electron chi connectivity index (χ2n) is 8.48. The van der Waals surface area contributed by atoms with Crippen LogP contribution in [0.4, 0.5) is 4.39 Å². The zero-order valence-electron chi connectivity index (χ0n) is 16.7. The van der Waals surface area contributed by atoms with E-state index in [2.05, 4.69) is 23.8 Å². The highest BCUT2D eigenvalue weighted by molar-refractivity contribution is 6.30. The van der Waals surface area contributed by atoms with E-state index in [-0.39, 0.29) is 11.9 Å². The molecule has 0 saturated carbocycles. The van der Waals surface area contributed by atoms with Crippen molar-refractivity contribution >= 4 is 17.3 Å². The number of nitrogens with zero attached hydrogens (tertiary/aromatic N) is 3. The largest absolute Gasteiger partial charge is 0.466 e. The van der Waals surface area contributed by atoms with Crippen molar-refractivity contribution in [3.63, 3.8) is 0 Å². The lowest BCUT2D eigenvalue weighted by molar-refractivity contribution is -0.152. The average molecular weight is 414 g/mol. The third kappa shape index (κ3) is 3.21. The van der Waals surface area contributed by atoms with Crippen molar-refractivity contribution in [3.8, 4) is 5.75 Å². The number of hydrogen-bond acceptors (Lipinski definition) is 4. The SMILES string of the molecule is CC(C)N1CCC2(CC1)Oc1ccc(Cl)cc1[C@H]1CC(c3ccc(F)cc3)=NN12. The molecule has 1 fully saturated rings.